The Morgan fingerprint density at radius 2 is 1.80 bits per heavy atom. The van der Waals surface area contributed by atoms with Crippen LogP contribution < -0.4 is 5.32 Å². The Hall–Kier alpha value is -1.62. The smallest absolute Gasteiger partial charge is 0.252 e. The van der Waals surface area contributed by atoms with E-state index in [-0.39, 0.29) is 17.1 Å². The first-order chi connectivity index (χ1) is 12.0. The summed E-state index contributed by atoms with van der Waals surface area (Å²) in [6, 6.07) is 11.2. The highest BCUT2D eigenvalue weighted by Gasteiger charge is 2.35. The number of carbonyl (C=O) groups is 1. The molecule has 0 aliphatic carbocycles. The quantitative estimate of drug-likeness (QED) is 0.839. The monoisotopic (exact) mass is 381 g/mol. The van der Waals surface area contributed by atoms with Crippen LogP contribution in [0.5, 0.6) is 0 Å². The largest absolute Gasteiger partial charge is 0.381 e. The molecule has 25 heavy (non-hydrogen) atoms. The minimum absolute atomic E-state index is 0.255. The third-order valence-electron chi connectivity index (χ3n) is 4.67. The summed E-state index contributed by atoms with van der Waals surface area (Å²) in [5.41, 5.74) is 1.10. The molecule has 3 nitrogen and oxygen atoms in total. The number of amides is 1. The van der Waals surface area contributed by atoms with Crippen LogP contribution in [-0.2, 0) is 10.2 Å². The van der Waals surface area contributed by atoms with Crippen LogP contribution in [0.4, 0.5) is 4.39 Å². The van der Waals surface area contributed by atoms with E-state index in [2.05, 4.69) is 5.32 Å². The van der Waals surface area contributed by atoms with E-state index in [1.54, 1.807) is 30.3 Å². The summed E-state index contributed by atoms with van der Waals surface area (Å²) < 4.78 is 18.7. The molecule has 1 fully saturated rings. The van der Waals surface area contributed by atoms with Gasteiger partial charge < -0.3 is 10.1 Å². The maximum Gasteiger partial charge on any atom is 0.252 e. The van der Waals surface area contributed by atoms with Gasteiger partial charge in [-0.3, -0.25) is 4.79 Å². The average molecular weight is 382 g/mol. The highest BCUT2D eigenvalue weighted by Crippen LogP contribution is 2.34. The minimum atomic E-state index is -0.277. The number of nitrogens with one attached hydrogen (secondary N) is 1. The van der Waals surface area contributed by atoms with Crippen LogP contribution in [0.2, 0.25) is 10.0 Å². The Balaban J connectivity index is 1.79. The van der Waals surface area contributed by atoms with E-state index >= 15 is 0 Å². The molecule has 0 atom stereocenters. The zero-order chi connectivity index (χ0) is 17.9. The van der Waals surface area contributed by atoms with E-state index in [9.17, 15) is 9.18 Å². The molecule has 1 aliphatic heterocycles. The predicted molar refractivity (Wildman–Crippen MR) is 96.9 cm³/mol. The predicted octanol–water partition coefficient (Wildman–Crippen LogP) is 4.61. The highest BCUT2D eigenvalue weighted by molar-refractivity contribution is 6.36. The lowest BCUT2D eigenvalue weighted by Gasteiger charge is -2.38. The average Bonchev–Trinajstić information content (AvgIpc) is 2.61. The molecule has 6 heteroatoms. The van der Waals surface area contributed by atoms with Gasteiger partial charge in [0, 0.05) is 30.2 Å². The maximum absolute atomic E-state index is 13.3. The van der Waals surface area contributed by atoms with Crippen molar-refractivity contribution in [1.82, 2.24) is 5.32 Å². The molecule has 0 radical (unpaired) electrons. The molecule has 2 aromatic rings. The van der Waals surface area contributed by atoms with E-state index < -0.39 is 0 Å². The molecule has 0 unspecified atom stereocenters. The Bertz CT molecular complexity index is 759. The van der Waals surface area contributed by atoms with Gasteiger partial charge in [-0.25, -0.2) is 4.39 Å². The zero-order valence-corrected chi connectivity index (χ0v) is 15.0. The standard InChI is InChI=1S/C19H18Cl2FNO2/c20-14-3-6-16(17(21)11-14)18(24)23-12-19(7-9-25-10-8-19)13-1-4-15(22)5-2-13/h1-6,11H,7-10,12H2,(H,23,24). The molecular weight excluding hydrogens is 364 g/mol. The van der Waals surface area contributed by atoms with E-state index in [1.165, 1.54) is 12.1 Å². The molecule has 3 rings (SSSR count). The van der Waals surface area contributed by atoms with Crippen molar-refractivity contribution >= 4 is 29.1 Å². The van der Waals surface area contributed by atoms with Crippen molar-refractivity contribution in [2.45, 2.75) is 18.3 Å². The van der Waals surface area contributed by atoms with Crippen molar-refractivity contribution in [2.24, 2.45) is 0 Å². The summed E-state index contributed by atoms with van der Waals surface area (Å²) in [5.74, 6) is -0.530. The second-order valence-electron chi connectivity index (χ2n) is 6.21. The first-order valence-corrected chi connectivity index (χ1v) is 8.83. The van der Waals surface area contributed by atoms with Crippen LogP contribution in [0.3, 0.4) is 0 Å². The Labute approximate surface area is 156 Å². The highest BCUT2D eigenvalue weighted by atomic mass is 35.5. The Kier molecular flexibility index (Phi) is 5.62. The molecule has 132 valence electrons. The molecule has 0 spiro atoms. The summed E-state index contributed by atoms with van der Waals surface area (Å²) in [4.78, 5) is 12.5. The van der Waals surface area contributed by atoms with E-state index in [0.29, 0.717) is 35.4 Å². The van der Waals surface area contributed by atoms with Gasteiger partial charge in [0.15, 0.2) is 0 Å². The molecule has 1 amide bonds. The fourth-order valence-electron chi connectivity index (χ4n) is 3.15. The maximum atomic E-state index is 13.3. The number of ether oxygens (including phenoxy) is 1. The third kappa shape index (κ3) is 4.14. The Morgan fingerprint density at radius 3 is 2.44 bits per heavy atom. The fourth-order valence-corrected chi connectivity index (χ4v) is 3.65. The number of rotatable bonds is 4. The lowest BCUT2D eigenvalue weighted by atomic mass is 9.74. The molecule has 0 saturated carbocycles. The van der Waals surface area contributed by atoms with Gasteiger partial charge in [0.25, 0.3) is 5.91 Å². The molecule has 1 saturated heterocycles. The summed E-state index contributed by atoms with van der Waals surface area (Å²) in [7, 11) is 0. The minimum Gasteiger partial charge on any atom is -0.381 e. The van der Waals surface area contributed by atoms with Crippen molar-refractivity contribution < 1.29 is 13.9 Å². The molecule has 1 aliphatic rings. The summed E-state index contributed by atoms with van der Waals surface area (Å²) >= 11 is 12.0. The zero-order valence-electron chi connectivity index (χ0n) is 13.5. The molecular formula is C19H18Cl2FNO2. The van der Waals surface area contributed by atoms with Gasteiger partial charge in [0.1, 0.15) is 5.82 Å². The summed E-state index contributed by atoms with van der Waals surface area (Å²) in [6.07, 6.45) is 1.51. The van der Waals surface area contributed by atoms with Crippen LogP contribution in [0.1, 0.15) is 28.8 Å². The molecule has 1 heterocycles. The number of hydrogen-bond donors (Lipinski definition) is 1. The Morgan fingerprint density at radius 1 is 1.12 bits per heavy atom. The third-order valence-corrected chi connectivity index (χ3v) is 5.22. The van der Waals surface area contributed by atoms with E-state index in [4.69, 9.17) is 27.9 Å². The number of halogens is 3. The van der Waals surface area contributed by atoms with Gasteiger partial charge in [0.2, 0.25) is 0 Å². The molecule has 1 N–H and O–H groups in total. The second kappa shape index (κ2) is 7.73. The lowest BCUT2D eigenvalue weighted by Crippen LogP contribution is -2.44. The fraction of sp³-hybridized carbons (Fsp3) is 0.316. The topological polar surface area (TPSA) is 38.3 Å². The second-order valence-corrected chi connectivity index (χ2v) is 7.05. The normalized spacial score (nSPS) is 16.4. The van der Waals surface area contributed by atoms with Crippen LogP contribution in [-0.4, -0.2) is 25.7 Å². The van der Waals surface area contributed by atoms with Gasteiger partial charge in [-0.15, -0.1) is 0 Å². The van der Waals surface area contributed by atoms with Gasteiger partial charge in [-0.05, 0) is 48.7 Å². The van der Waals surface area contributed by atoms with Gasteiger partial charge in [-0.1, -0.05) is 35.3 Å². The van der Waals surface area contributed by atoms with Crippen LogP contribution in [0.25, 0.3) is 0 Å². The number of benzene rings is 2. The van der Waals surface area contributed by atoms with Crippen LogP contribution >= 0.6 is 23.2 Å². The summed E-state index contributed by atoms with van der Waals surface area (Å²) in [6.45, 7) is 1.64. The van der Waals surface area contributed by atoms with Gasteiger partial charge >= 0.3 is 0 Å². The van der Waals surface area contributed by atoms with E-state index in [1.807, 2.05) is 0 Å². The lowest BCUT2D eigenvalue weighted by molar-refractivity contribution is 0.0487. The SMILES string of the molecule is O=C(NCC1(c2ccc(F)cc2)CCOCC1)c1ccc(Cl)cc1Cl. The molecule has 0 aromatic heterocycles. The van der Waals surface area contributed by atoms with Crippen molar-refractivity contribution in [3.8, 4) is 0 Å². The van der Waals surface area contributed by atoms with Crippen molar-refractivity contribution in [1.29, 1.82) is 0 Å². The van der Waals surface area contributed by atoms with Crippen LogP contribution in [0.15, 0.2) is 42.5 Å². The van der Waals surface area contributed by atoms with Crippen molar-refractivity contribution in [3.63, 3.8) is 0 Å². The first kappa shape index (κ1) is 18.2. The van der Waals surface area contributed by atoms with Crippen LogP contribution in [0, 0.1) is 5.82 Å². The number of carbonyl (C=O) groups excluding carboxylic acids is 1. The van der Waals surface area contributed by atoms with Crippen molar-refractivity contribution in [3.05, 3.63) is 69.5 Å². The molecule has 2 aromatic carbocycles. The van der Waals surface area contributed by atoms with Gasteiger partial charge in [0.05, 0.1) is 10.6 Å². The first-order valence-electron chi connectivity index (χ1n) is 8.07. The van der Waals surface area contributed by atoms with Gasteiger partial charge in [-0.2, -0.15) is 0 Å². The summed E-state index contributed by atoms with van der Waals surface area (Å²) in [5, 5.41) is 3.76. The van der Waals surface area contributed by atoms with Crippen molar-refractivity contribution in [2.75, 3.05) is 19.8 Å². The molecule has 0 bridgehead atoms. The van der Waals surface area contributed by atoms with E-state index in [0.717, 1.165) is 18.4 Å². The number of hydrogen-bond acceptors (Lipinski definition) is 2.